The van der Waals surface area contributed by atoms with Gasteiger partial charge in [0.25, 0.3) is 5.91 Å². The number of para-hydroxylation sites is 1. The molecule has 1 atom stereocenters. The number of fused-ring (bicyclic) bond motifs is 1. The van der Waals surface area contributed by atoms with Crippen LogP contribution < -0.4 is 14.8 Å². The van der Waals surface area contributed by atoms with Gasteiger partial charge in [0, 0.05) is 20.5 Å². The van der Waals surface area contributed by atoms with Crippen LogP contribution in [0.3, 0.4) is 0 Å². The van der Waals surface area contributed by atoms with Gasteiger partial charge < -0.3 is 20.1 Å². The van der Waals surface area contributed by atoms with Crippen LogP contribution >= 0.6 is 0 Å². The third-order valence-corrected chi connectivity index (χ3v) is 6.57. The van der Waals surface area contributed by atoms with E-state index in [2.05, 4.69) is 14.4 Å². The Morgan fingerprint density at radius 2 is 2.00 bits per heavy atom. The molecule has 0 saturated heterocycles. The van der Waals surface area contributed by atoms with Gasteiger partial charge in [0.2, 0.25) is 0 Å². The maximum absolute atomic E-state index is 12.4. The van der Waals surface area contributed by atoms with Crippen molar-refractivity contribution in [1.82, 2.24) is 9.62 Å². The fourth-order valence-corrected chi connectivity index (χ4v) is 4.80. The zero-order chi connectivity index (χ0) is 25.5. The summed E-state index contributed by atoms with van der Waals surface area (Å²) in [5.74, 6) is 0.0807. The van der Waals surface area contributed by atoms with Crippen LogP contribution in [-0.2, 0) is 16.6 Å². The molecular formula is C24H29N5O5S. The maximum Gasteiger partial charge on any atom is 0.345 e. The van der Waals surface area contributed by atoms with Gasteiger partial charge in [-0.3, -0.25) is 9.79 Å². The second-order valence-electron chi connectivity index (χ2n) is 9.76. The van der Waals surface area contributed by atoms with E-state index in [1.54, 1.807) is 20.2 Å². The summed E-state index contributed by atoms with van der Waals surface area (Å²) in [6, 6.07) is 10.1. The molecular weight excluding hydrogens is 470 g/mol. The van der Waals surface area contributed by atoms with Crippen LogP contribution in [0.25, 0.3) is 0 Å². The van der Waals surface area contributed by atoms with E-state index in [-0.39, 0.29) is 34.1 Å². The number of phenols is 1. The maximum atomic E-state index is 12.4. The number of aromatic hydroxyl groups is 1. The molecule has 3 N–H and O–H groups in total. The molecule has 1 amide bonds. The molecule has 2 aliphatic heterocycles. The summed E-state index contributed by atoms with van der Waals surface area (Å²) in [4.78, 5) is 18.5. The molecule has 0 aliphatic carbocycles. The highest BCUT2D eigenvalue weighted by atomic mass is 32.2. The summed E-state index contributed by atoms with van der Waals surface area (Å²) in [5, 5.41) is 13.5. The normalized spacial score (nSPS) is 18.3. The average Bonchev–Trinajstić information content (AvgIpc) is 3.34. The molecule has 10 nitrogen and oxygen atoms in total. The number of rotatable bonds is 4. The van der Waals surface area contributed by atoms with Crippen LogP contribution in [0.2, 0.25) is 0 Å². The highest BCUT2D eigenvalue weighted by Gasteiger charge is 2.33. The van der Waals surface area contributed by atoms with Crippen LogP contribution in [0.1, 0.15) is 48.3 Å². The van der Waals surface area contributed by atoms with E-state index in [1.165, 1.54) is 17.0 Å². The molecule has 186 valence electrons. The van der Waals surface area contributed by atoms with E-state index in [1.807, 2.05) is 39.0 Å². The van der Waals surface area contributed by atoms with Gasteiger partial charge in [-0.15, -0.1) is 4.40 Å². The molecule has 2 aromatic rings. The van der Waals surface area contributed by atoms with Crippen molar-refractivity contribution in [2.45, 2.75) is 33.2 Å². The minimum Gasteiger partial charge on any atom is -0.505 e. The number of benzene rings is 2. The SMILES string of the molecule is CN(C)C(=O)c1cccc(NC2=NS(=O)(=O)NC2=NC(c2ccc3c(c2)CCO3)C(C)(C)C)c1O. The Labute approximate surface area is 204 Å². The first-order valence-electron chi connectivity index (χ1n) is 11.1. The first-order chi connectivity index (χ1) is 16.4. The van der Waals surface area contributed by atoms with Crippen LogP contribution in [-0.4, -0.2) is 56.7 Å². The Kier molecular flexibility index (Phi) is 6.22. The number of aliphatic imine (C=N–C) groups is 1. The van der Waals surface area contributed by atoms with Gasteiger partial charge in [0.05, 0.1) is 23.9 Å². The van der Waals surface area contributed by atoms with Crippen molar-refractivity contribution in [2.75, 3.05) is 26.0 Å². The Morgan fingerprint density at radius 3 is 2.69 bits per heavy atom. The zero-order valence-electron chi connectivity index (χ0n) is 20.3. The molecule has 0 fully saturated rings. The first kappa shape index (κ1) is 24.5. The molecule has 0 saturated carbocycles. The summed E-state index contributed by atoms with van der Waals surface area (Å²) in [6.45, 7) is 6.68. The predicted molar refractivity (Wildman–Crippen MR) is 135 cm³/mol. The number of phenolic OH excluding ortho intramolecular Hbond substituents is 1. The van der Waals surface area contributed by atoms with E-state index in [0.717, 1.165) is 23.3 Å². The van der Waals surface area contributed by atoms with E-state index < -0.39 is 22.2 Å². The summed E-state index contributed by atoms with van der Waals surface area (Å²) in [5.41, 5.74) is 1.84. The van der Waals surface area contributed by atoms with Gasteiger partial charge in [-0.1, -0.05) is 32.9 Å². The summed E-state index contributed by atoms with van der Waals surface area (Å²) in [6.07, 6.45) is 0.804. The van der Waals surface area contributed by atoms with Crippen molar-refractivity contribution in [3.05, 3.63) is 53.1 Å². The zero-order valence-corrected chi connectivity index (χ0v) is 21.1. The average molecular weight is 500 g/mol. The van der Waals surface area contributed by atoms with Gasteiger partial charge in [-0.25, -0.2) is 4.72 Å². The molecule has 0 aromatic heterocycles. The number of nitrogens with one attached hydrogen (secondary N) is 2. The van der Waals surface area contributed by atoms with E-state index >= 15 is 0 Å². The number of hydrogen-bond acceptors (Lipinski definition) is 7. The number of hydrogen-bond donors (Lipinski definition) is 3. The largest absolute Gasteiger partial charge is 0.505 e. The fourth-order valence-electron chi connectivity index (χ4n) is 3.99. The molecule has 2 heterocycles. The Morgan fingerprint density at radius 1 is 1.26 bits per heavy atom. The third kappa shape index (κ3) is 5.09. The van der Waals surface area contributed by atoms with Gasteiger partial charge in [0.15, 0.2) is 17.4 Å². The van der Waals surface area contributed by atoms with Crippen molar-refractivity contribution < 1.29 is 23.1 Å². The first-order valence-corrected chi connectivity index (χ1v) is 12.6. The molecule has 0 spiro atoms. The molecule has 35 heavy (non-hydrogen) atoms. The number of amidine groups is 2. The number of anilines is 1. The Hall–Kier alpha value is -3.60. The lowest BCUT2D eigenvalue weighted by Crippen LogP contribution is -2.32. The number of carbonyl (C=O) groups is 1. The molecule has 11 heteroatoms. The molecule has 1 unspecified atom stereocenters. The molecule has 2 aliphatic rings. The van der Waals surface area contributed by atoms with Crippen molar-refractivity contribution in [1.29, 1.82) is 0 Å². The molecule has 0 radical (unpaired) electrons. The van der Waals surface area contributed by atoms with Crippen LogP contribution in [0.5, 0.6) is 11.5 Å². The number of nitrogens with zero attached hydrogens (tertiary/aromatic N) is 3. The third-order valence-electron chi connectivity index (χ3n) is 5.69. The number of carbonyl (C=O) groups excluding carboxylic acids is 1. The quantitative estimate of drug-likeness (QED) is 0.554. The lowest BCUT2D eigenvalue weighted by Gasteiger charge is -2.28. The second kappa shape index (κ2) is 8.88. The Bertz CT molecular complexity index is 1340. The topological polar surface area (TPSA) is 133 Å². The summed E-state index contributed by atoms with van der Waals surface area (Å²) >= 11 is 0. The lowest BCUT2D eigenvalue weighted by molar-refractivity contribution is 0.0824. The predicted octanol–water partition coefficient (Wildman–Crippen LogP) is 2.87. The van der Waals surface area contributed by atoms with Gasteiger partial charge in [0.1, 0.15) is 5.75 Å². The van der Waals surface area contributed by atoms with E-state index in [0.29, 0.717) is 6.61 Å². The standard InChI is InChI=1S/C24H29N5O5S/c1-24(2,3)20(15-9-10-18-14(13-15)11-12-34-18)26-22-21(27-35(32,33)28-22)25-17-8-6-7-16(19(17)30)23(31)29(4)5/h6-10,13,20,30H,11-12H2,1-5H3,(H,25,27)(H,26,28). The minimum atomic E-state index is -4.03. The highest BCUT2D eigenvalue weighted by Crippen LogP contribution is 2.39. The van der Waals surface area contributed by atoms with E-state index in [4.69, 9.17) is 9.73 Å². The van der Waals surface area contributed by atoms with Crippen LogP contribution in [0.4, 0.5) is 5.69 Å². The second-order valence-corrected chi connectivity index (χ2v) is 11.1. The Balaban J connectivity index is 1.72. The summed E-state index contributed by atoms with van der Waals surface area (Å²) in [7, 11) is -0.890. The van der Waals surface area contributed by atoms with Crippen LogP contribution in [0, 0.1) is 5.41 Å². The van der Waals surface area contributed by atoms with Crippen molar-refractivity contribution in [3.63, 3.8) is 0 Å². The van der Waals surface area contributed by atoms with Crippen LogP contribution in [0.15, 0.2) is 45.8 Å². The molecule has 4 rings (SSSR count). The smallest absolute Gasteiger partial charge is 0.345 e. The monoisotopic (exact) mass is 499 g/mol. The fraction of sp³-hybridized carbons (Fsp3) is 0.375. The molecule has 0 bridgehead atoms. The van der Waals surface area contributed by atoms with Crippen molar-refractivity contribution >= 4 is 33.5 Å². The lowest BCUT2D eigenvalue weighted by atomic mass is 9.82. The van der Waals surface area contributed by atoms with Gasteiger partial charge in [-0.05, 0) is 40.8 Å². The molecule has 2 aromatic carbocycles. The summed E-state index contributed by atoms with van der Waals surface area (Å²) < 4.78 is 36.4. The van der Waals surface area contributed by atoms with Crippen molar-refractivity contribution in [2.24, 2.45) is 14.8 Å². The van der Waals surface area contributed by atoms with Gasteiger partial charge in [-0.2, -0.15) is 8.42 Å². The minimum absolute atomic E-state index is 0.0189. The van der Waals surface area contributed by atoms with Gasteiger partial charge >= 0.3 is 10.2 Å². The van der Waals surface area contributed by atoms with E-state index in [9.17, 15) is 18.3 Å². The highest BCUT2D eigenvalue weighted by molar-refractivity contribution is 7.89. The number of ether oxygens (including phenoxy) is 1. The van der Waals surface area contributed by atoms with Crippen molar-refractivity contribution in [3.8, 4) is 11.5 Å². The number of amides is 1.